The highest BCUT2D eigenvalue weighted by Gasteiger charge is 2.46. The van der Waals surface area contributed by atoms with E-state index in [1.54, 1.807) is 10.8 Å². The molecule has 2 aromatic heterocycles. The van der Waals surface area contributed by atoms with Gasteiger partial charge in [0.1, 0.15) is 5.82 Å². The lowest BCUT2D eigenvalue weighted by Gasteiger charge is -2.43. The van der Waals surface area contributed by atoms with E-state index in [1.807, 2.05) is 13.1 Å². The minimum absolute atomic E-state index is 0.0664. The van der Waals surface area contributed by atoms with Gasteiger partial charge in [-0.1, -0.05) is 18.5 Å². The van der Waals surface area contributed by atoms with Gasteiger partial charge in [-0.3, -0.25) is 14.4 Å². The Bertz CT molecular complexity index is 1240. The number of hydrogen-bond donors (Lipinski definition) is 1. The maximum absolute atomic E-state index is 13.6. The number of aliphatic imine (C=N–C) groups is 1. The van der Waals surface area contributed by atoms with Gasteiger partial charge in [0, 0.05) is 51.0 Å². The minimum atomic E-state index is -0.0664. The van der Waals surface area contributed by atoms with Crippen molar-refractivity contribution in [2.75, 3.05) is 36.0 Å². The summed E-state index contributed by atoms with van der Waals surface area (Å²) in [5, 5.41) is 0.565. The number of anilines is 2. The largest absolute Gasteiger partial charge is 0.355 e. The van der Waals surface area contributed by atoms with E-state index in [2.05, 4.69) is 21.7 Å². The highest BCUT2D eigenvalue weighted by Crippen LogP contribution is 2.48. The molecule has 0 unspecified atom stereocenters. The summed E-state index contributed by atoms with van der Waals surface area (Å²) in [6, 6.07) is 2.13. The van der Waals surface area contributed by atoms with Crippen LogP contribution in [0.25, 0.3) is 0 Å². The Morgan fingerprint density at radius 3 is 2.54 bits per heavy atom. The molecule has 2 atom stereocenters. The summed E-state index contributed by atoms with van der Waals surface area (Å²) in [7, 11) is 1.82. The third-order valence-electron chi connectivity index (χ3n) is 8.96. The van der Waals surface area contributed by atoms with Crippen LogP contribution in [-0.4, -0.2) is 52.5 Å². The molecule has 3 fully saturated rings. The number of nitrogens with zero attached hydrogens (tertiary/aromatic N) is 6. The van der Waals surface area contributed by atoms with E-state index in [-0.39, 0.29) is 17.0 Å². The lowest BCUT2D eigenvalue weighted by molar-refractivity contribution is 0.185. The Kier molecular flexibility index (Phi) is 5.64. The molecule has 0 bridgehead atoms. The summed E-state index contributed by atoms with van der Waals surface area (Å²) in [5.74, 6) is 2.10. The lowest BCUT2D eigenvalue weighted by atomic mass is 9.73. The van der Waals surface area contributed by atoms with Crippen molar-refractivity contribution < 1.29 is 0 Å². The van der Waals surface area contributed by atoms with E-state index in [0.29, 0.717) is 28.8 Å². The molecule has 6 rings (SSSR count). The van der Waals surface area contributed by atoms with E-state index in [0.717, 1.165) is 74.9 Å². The Morgan fingerprint density at radius 2 is 1.86 bits per heavy atom. The van der Waals surface area contributed by atoms with Crippen LogP contribution in [-0.2, 0) is 13.6 Å². The van der Waals surface area contributed by atoms with Gasteiger partial charge in [0.05, 0.1) is 28.5 Å². The Hall–Kier alpha value is -2.45. The zero-order valence-corrected chi connectivity index (χ0v) is 21.4. The van der Waals surface area contributed by atoms with Crippen molar-refractivity contribution in [3.63, 3.8) is 0 Å². The molecule has 9 heteroatoms. The van der Waals surface area contributed by atoms with Crippen LogP contribution < -0.4 is 21.1 Å². The van der Waals surface area contributed by atoms with Crippen LogP contribution in [0, 0.1) is 11.3 Å². The highest BCUT2D eigenvalue weighted by atomic mass is 35.5. The highest BCUT2D eigenvalue weighted by molar-refractivity contribution is 6.37. The third-order valence-corrected chi connectivity index (χ3v) is 9.33. The number of nitrogens with two attached hydrogens (primary N) is 1. The molecule has 2 aromatic rings. The van der Waals surface area contributed by atoms with Gasteiger partial charge >= 0.3 is 0 Å². The van der Waals surface area contributed by atoms with E-state index >= 15 is 0 Å². The summed E-state index contributed by atoms with van der Waals surface area (Å²) >= 11 is 6.83. The van der Waals surface area contributed by atoms with Crippen LogP contribution in [0.2, 0.25) is 5.02 Å². The molecule has 35 heavy (non-hydrogen) atoms. The molecule has 1 spiro atoms. The number of aromatic nitrogens is 3. The van der Waals surface area contributed by atoms with Crippen LogP contribution in [0.15, 0.2) is 22.1 Å². The van der Waals surface area contributed by atoms with Gasteiger partial charge in [-0.25, -0.2) is 9.97 Å². The third kappa shape index (κ3) is 3.59. The fourth-order valence-electron chi connectivity index (χ4n) is 6.69. The number of piperidine rings is 1. The molecule has 2 saturated heterocycles. The van der Waals surface area contributed by atoms with Crippen LogP contribution in [0.1, 0.15) is 62.3 Å². The number of pyridine rings is 1. The van der Waals surface area contributed by atoms with Crippen LogP contribution in [0.3, 0.4) is 0 Å². The fraction of sp³-hybridized carbons (Fsp3) is 0.615. The van der Waals surface area contributed by atoms with Crippen LogP contribution in [0.5, 0.6) is 0 Å². The monoisotopic (exact) mass is 495 g/mol. The topological polar surface area (TPSA) is 92.6 Å². The Labute approximate surface area is 211 Å². The van der Waals surface area contributed by atoms with Crippen molar-refractivity contribution in [2.45, 2.75) is 58.0 Å². The lowest BCUT2D eigenvalue weighted by Crippen LogP contribution is -2.49. The number of fused-ring (bicyclic) bond motifs is 1. The molecule has 3 aliphatic heterocycles. The summed E-state index contributed by atoms with van der Waals surface area (Å²) in [4.78, 5) is 32.3. The molecule has 1 aliphatic carbocycles. The molecule has 8 nitrogen and oxygen atoms in total. The average Bonchev–Trinajstić information content (AvgIpc) is 3.60. The molecular formula is C26H34ClN7O. The zero-order chi connectivity index (χ0) is 24.3. The van der Waals surface area contributed by atoms with Gasteiger partial charge in [-0.2, -0.15) is 0 Å². The molecule has 1 saturated carbocycles. The molecule has 0 aromatic carbocycles. The maximum Gasteiger partial charge on any atom is 0.264 e. The first-order valence-electron chi connectivity index (χ1n) is 12.9. The van der Waals surface area contributed by atoms with Crippen molar-refractivity contribution in [2.24, 2.45) is 29.1 Å². The van der Waals surface area contributed by atoms with E-state index in [1.165, 1.54) is 12.8 Å². The normalized spacial score (nSPS) is 25.4. The first kappa shape index (κ1) is 23.0. The van der Waals surface area contributed by atoms with Gasteiger partial charge in [-0.15, -0.1) is 0 Å². The SMILES string of the molecule is C[C@@H]1CCC2(CCN(c3nc4c(c(=O)n3C)C(c3ccnc(N5CCCC5)c3Cl)=NC4)CC2)[C@@H]1N. The Morgan fingerprint density at radius 1 is 1.11 bits per heavy atom. The predicted octanol–water partition coefficient (Wildman–Crippen LogP) is 3.12. The molecule has 4 aliphatic rings. The van der Waals surface area contributed by atoms with E-state index < -0.39 is 0 Å². The quantitative estimate of drug-likeness (QED) is 0.703. The van der Waals surface area contributed by atoms with Crippen molar-refractivity contribution in [3.05, 3.63) is 44.5 Å². The Balaban J connectivity index is 1.29. The minimum Gasteiger partial charge on any atom is -0.355 e. The first-order valence-corrected chi connectivity index (χ1v) is 13.3. The van der Waals surface area contributed by atoms with Crippen LogP contribution in [0.4, 0.5) is 11.8 Å². The molecule has 0 amide bonds. The van der Waals surface area contributed by atoms with Crippen molar-refractivity contribution in [3.8, 4) is 0 Å². The molecular weight excluding hydrogens is 462 g/mol. The fourth-order valence-corrected chi connectivity index (χ4v) is 7.01. The predicted molar refractivity (Wildman–Crippen MR) is 140 cm³/mol. The number of rotatable bonds is 3. The molecule has 5 heterocycles. The number of hydrogen-bond acceptors (Lipinski definition) is 7. The number of halogens is 1. The smallest absolute Gasteiger partial charge is 0.264 e. The zero-order valence-electron chi connectivity index (χ0n) is 20.6. The molecule has 0 radical (unpaired) electrons. The van der Waals surface area contributed by atoms with E-state index in [4.69, 9.17) is 27.3 Å². The first-order chi connectivity index (χ1) is 16.9. The second kappa shape index (κ2) is 8.59. The van der Waals surface area contributed by atoms with Crippen molar-refractivity contribution in [1.82, 2.24) is 14.5 Å². The van der Waals surface area contributed by atoms with Gasteiger partial charge in [0.2, 0.25) is 5.95 Å². The summed E-state index contributed by atoms with van der Waals surface area (Å²) in [6.07, 6.45) is 8.58. The van der Waals surface area contributed by atoms with Gasteiger partial charge < -0.3 is 15.5 Å². The average molecular weight is 496 g/mol. The second-order valence-corrected chi connectivity index (χ2v) is 11.2. The van der Waals surface area contributed by atoms with Gasteiger partial charge in [0.25, 0.3) is 5.56 Å². The summed E-state index contributed by atoms with van der Waals surface area (Å²) in [5.41, 5.74) is 9.49. The second-order valence-electron chi connectivity index (χ2n) is 10.8. The van der Waals surface area contributed by atoms with Crippen LogP contribution >= 0.6 is 11.6 Å². The van der Waals surface area contributed by atoms with Gasteiger partial charge in [0.15, 0.2) is 0 Å². The summed E-state index contributed by atoms with van der Waals surface area (Å²) < 4.78 is 1.69. The summed E-state index contributed by atoms with van der Waals surface area (Å²) in [6.45, 7) is 6.33. The van der Waals surface area contributed by atoms with Gasteiger partial charge in [-0.05, 0) is 55.9 Å². The van der Waals surface area contributed by atoms with Crippen molar-refractivity contribution in [1.29, 1.82) is 0 Å². The van der Waals surface area contributed by atoms with Crippen molar-refractivity contribution >= 4 is 29.1 Å². The molecule has 2 N–H and O–H groups in total. The van der Waals surface area contributed by atoms with E-state index in [9.17, 15) is 4.79 Å². The standard InChI is InChI=1S/C26H34ClN7O/c1-16-5-7-26(22(16)28)8-13-34(14-9-26)25-31-18-15-30-21(19(18)24(35)32(25)2)17-6-10-29-23(20(17)27)33-11-3-4-12-33/h6,10,16,22H,3-5,7-9,11-15,28H2,1-2H3/t16-,22-/m1/s1. The maximum atomic E-state index is 13.6. The molecule has 186 valence electrons.